The Hall–Kier alpha value is -1.43. The SMILES string of the molecule is CC(C)CCN(CCC(C)C)c1ncnc(Cl)c1[N+](=O)[O-]. The van der Waals surface area contributed by atoms with E-state index in [1.807, 2.05) is 4.90 Å². The van der Waals surface area contributed by atoms with Crippen LogP contribution in [0.15, 0.2) is 6.33 Å². The Balaban J connectivity index is 3.06. The Morgan fingerprint density at radius 3 is 2.14 bits per heavy atom. The van der Waals surface area contributed by atoms with Gasteiger partial charge in [0, 0.05) is 13.1 Å². The number of anilines is 1. The molecular weight excluding hydrogens is 292 g/mol. The Morgan fingerprint density at radius 2 is 1.71 bits per heavy atom. The standard InChI is InChI=1S/C14H23ClN4O2/c1-10(2)5-7-18(8-6-11(3)4)14-12(19(20)21)13(15)16-9-17-14/h9-11H,5-8H2,1-4H3. The topological polar surface area (TPSA) is 72.2 Å². The van der Waals surface area contributed by atoms with E-state index in [0.29, 0.717) is 17.7 Å². The van der Waals surface area contributed by atoms with Crippen LogP contribution in [-0.4, -0.2) is 28.0 Å². The van der Waals surface area contributed by atoms with E-state index in [0.717, 1.165) is 25.9 Å². The van der Waals surface area contributed by atoms with Crippen molar-refractivity contribution in [1.82, 2.24) is 9.97 Å². The van der Waals surface area contributed by atoms with Gasteiger partial charge < -0.3 is 4.90 Å². The lowest BCUT2D eigenvalue weighted by molar-refractivity contribution is -0.384. The molecule has 1 aromatic heterocycles. The Bertz CT molecular complexity index is 468. The molecule has 0 spiro atoms. The van der Waals surface area contributed by atoms with Gasteiger partial charge in [0.25, 0.3) is 0 Å². The average Bonchev–Trinajstić information content (AvgIpc) is 2.37. The molecule has 1 aromatic rings. The van der Waals surface area contributed by atoms with Crippen molar-refractivity contribution in [1.29, 1.82) is 0 Å². The molecule has 0 aromatic carbocycles. The van der Waals surface area contributed by atoms with E-state index in [1.165, 1.54) is 6.33 Å². The molecule has 1 rings (SSSR count). The first-order valence-electron chi connectivity index (χ1n) is 7.22. The summed E-state index contributed by atoms with van der Waals surface area (Å²) in [6.45, 7) is 9.95. The zero-order chi connectivity index (χ0) is 16.0. The van der Waals surface area contributed by atoms with Crippen molar-refractivity contribution in [3.63, 3.8) is 0 Å². The second-order valence-electron chi connectivity index (χ2n) is 5.95. The molecule has 0 unspecified atom stereocenters. The van der Waals surface area contributed by atoms with Gasteiger partial charge in [0.05, 0.1) is 4.92 Å². The number of hydrogen-bond donors (Lipinski definition) is 0. The van der Waals surface area contributed by atoms with Crippen molar-refractivity contribution in [2.45, 2.75) is 40.5 Å². The van der Waals surface area contributed by atoms with Crippen LogP contribution in [-0.2, 0) is 0 Å². The summed E-state index contributed by atoms with van der Waals surface area (Å²) in [6, 6.07) is 0. The fraction of sp³-hybridized carbons (Fsp3) is 0.714. The minimum Gasteiger partial charge on any atom is -0.351 e. The molecule has 0 amide bonds. The molecule has 7 heteroatoms. The Kier molecular flexibility index (Phi) is 6.81. The van der Waals surface area contributed by atoms with Gasteiger partial charge in [-0.3, -0.25) is 10.1 Å². The monoisotopic (exact) mass is 314 g/mol. The predicted octanol–water partition coefficient (Wildman–Crippen LogP) is 3.94. The van der Waals surface area contributed by atoms with Gasteiger partial charge in [0.1, 0.15) is 6.33 Å². The third kappa shape index (κ3) is 5.46. The highest BCUT2D eigenvalue weighted by molar-refractivity contribution is 6.31. The van der Waals surface area contributed by atoms with E-state index >= 15 is 0 Å². The van der Waals surface area contributed by atoms with E-state index in [9.17, 15) is 10.1 Å². The van der Waals surface area contributed by atoms with Crippen LogP contribution >= 0.6 is 11.6 Å². The zero-order valence-electron chi connectivity index (χ0n) is 13.0. The largest absolute Gasteiger partial charge is 0.351 e. The van der Waals surface area contributed by atoms with Gasteiger partial charge in [-0.15, -0.1) is 0 Å². The summed E-state index contributed by atoms with van der Waals surface area (Å²) in [5.41, 5.74) is -0.202. The quantitative estimate of drug-likeness (QED) is 0.413. The molecule has 0 bridgehead atoms. The zero-order valence-corrected chi connectivity index (χ0v) is 13.8. The minimum absolute atomic E-state index is 0.107. The fourth-order valence-electron chi connectivity index (χ4n) is 1.89. The first-order chi connectivity index (χ1) is 9.82. The van der Waals surface area contributed by atoms with Crippen molar-refractivity contribution in [2.75, 3.05) is 18.0 Å². The van der Waals surface area contributed by atoms with Gasteiger partial charge in [-0.1, -0.05) is 39.3 Å². The molecule has 0 aliphatic carbocycles. The highest BCUT2D eigenvalue weighted by atomic mass is 35.5. The summed E-state index contributed by atoms with van der Waals surface area (Å²) in [7, 11) is 0. The molecule has 0 aliphatic rings. The van der Waals surface area contributed by atoms with Crippen LogP contribution in [0.2, 0.25) is 5.15 Å². The summed E-state index contributed by atoms with van der Waals surface area (Å²) in [4.78, 5) is 20.5. The van der Waals surface area contributed by atoms with Crippen LogP contribution in [0.5, 0.6) is 0 Å². The number of nitrogens with zero attached hydrogens (tertiary/aromatic N) is 4. The van der Waals surface area contributed by atoms with Crippen molar-refractivity contribution in [3.05, 3.63) is 21.6 Å². The van der Waals surface area contributed by atoms with Gasteiger partial charge in [-0.2, -0.15) is 0 Å². The van der Waals surface area contributed by atoms with Gasteiger partial charge >= 0.3 is 5.69 Å². The normalized spacial score (nSPS) is 11.2. The van der Waals surface area contributed by atoms with Crippen LogP contribution < -0.4 is 4.90 Å². The molecule has 0 fully saturated rings. The molecule has 0 N–H and O–H groups in total. The third-order valence-corrected chi connectivity index (χ3v) is 3.47. The van der Waals surface area contributed by atoms with Crippen molar-refractivity contribution >= 4 is 23.1 Å². The molecule has 1 heterocycles. The van der Waals surface area contributed by atoms with Crippen molar-refractivity contribution < 1.29 is 4.92 Å². The number of nitro groups is 1. The molecule has 0 radical (unpaired) electrons. The molecule has 0 aliphatic heterocycles. The first kappa shape index (κ1) is 17.6. The maximum absolute atomic E-state index is 11.2. The molecule has 0 saturated carbocycles. The maximum Gasteiger partial charge on any atom is 0.348 e. The van der Waals surface area contributed by atoms with E-state index < -0.39 is 4.92 Å². The highest BCUT2D eigenvalue weighted by Gasteiger charge is 2.26. The van der Waals surface area contributed by atoms with Crippen LogP contribution in [0.4, 0.5) is 11.5 Å². The molecule has 0 atom stereocenters. The lowest BCUT2D eigenvalue weighted by Crippen LogP contribution is -2.29. The van der Waals surface area contributed by atoms with E-state index in [1.54, 1.807) is 0 Å². The third-order valence-electron chi connectivity index (χ3n) is 3.19. The lowest BCUT2D eigenvalue weighted by atomic mass is 10.1. The number of aromatic nitrogens is 2. The smallest absolute Gasteiger partial charge is 0.348 e. The van der Waals surface area contributed by atoms with Crippen LogP contribution in [0, 0.1) is 22.0 Å². The molecule has 118 valence electrons. The first-order valence-corrected chi connectivity index (χ1v) is 7.60. The van der Waals surface area contributed by atoms with Gasteiger partial charge in [-0.05, 0) is 24.7 Å². The molecule has 6 nitrogen and oxygen atoms in total. The number of halogens is 1. The van der Waals surface area contributed by atoms with Crippen LogP contribution in [0.25, 0.3) is 0 Å². The minimum atomic E-state index is -0.505. The summed E-state index contributed by atoms with van der Waals surface area (Å²) in [5, 5.41) is 11.1. The average molecular weight is 315 g/mol. The van der Waals surface area contributed by atoms with Crippen molar-refractivity contribution in [3.8, 4) is 0 Å². The van der Waals surface area contributed by atoms with E-state index in [4.69, 9.17) is 11.6 Å². The summed E-state index contributed by atoms with van der Waals surface area (Å²) >= 11 is 5.87. The lowest BCUT2D eigenvalue weighted by Gasteiger charge is -2.25. The fourth-order valence-corrected chi connectivity index (χ4v) is 2.09. The Labute approximate surface area is 130 Å². The predicted molar refractivity (Wildman–Crippen MR) is 84.8 cm³/mol. The molecule has 21 heavy (non-hydrogen) atoms. The van der Waals surface area contributed by atoms with Gasteiger partial charge in [0.2, 0.25) is 11.0 Å². The van der Waals surface area contributed by atoms with E-state index in [-0.39, 0.29) is 10.8 Å². The van der Waals surface area contributed by atoms with Crippen molar-refractivity contribution in [2.24, 2.45) is 11.8 Å². The summed E-state index contributed by atoms with van der Waals surface area (Å²) in [5.74, 6) is 1.35. The summed E-state index contributed by atoms with van der Waals surface area (Å²) in [6.07, 6.45) is 3.16. The number of rotatable bonds is 8. The van der Waals surface area contributed by atoms with Crippen LogP contribution in [0.1, 0.15) is 40.5 Å². The van der Waals surface area contributed by atoms with E-state index in [2.05, 4.69) is 37.7 Å². The van der Waals surface area contributed by atoms with Gasteiger partial charge in [0.15, 0.2) is 0 Å². The summed E-state index contributed by atoms with van der Waals surface area (Å²) < 4.78 is 0. The molecule has 0 saturated heterocycles. The Morgan fingerprint density at radius 1 is 1.19 bits per heavy atom. The second kappa shape index (κ2) is 8.12. The number of hydrogen-bond acceptors (Lipinski definition) is 5. The molecular formula is C14H23ClN4O2. The van der Waals surface area contributed by atoms with Gasteiger partial charge in [-0.25, -0.2) is 9.97 Å². The van der Waals surface area contributed by atoms with Crippen LogP contribution in [0.3, 0.4) is 0 Å². The second-order valence-corrected chi connectivity index (χ2v) is 6.30. The highest BCUT2D eigenvalue weighted by Crippen LogP contribution is 2.31. The maximum atomic E-state index is 11.2.